The number of carbonyl (C=O) groups is 2. The van der Waals surface area contributed by atoms with E-state index in [1.54, 1.807) is 41.3 Å². The molecule has 0 fully saturated rings. The molecule has 5 rings (SSSR count). The summed E-state index contributed by atoms with van der Waals surface area (Å²) in [7, 11) is 0. The van der Waals surface area contributed by atoms with Crippen LogP contribution in [0.4, 0.5) is 14.5 Å². The van der Waals surface area contributed by atoms with Crippen LogP contribution in [0.5, 0.6) is 0 Å². The van der Waals surface area contributed by atoms with Gasteiger partial charge in [0, 0.05) is 41.9 Å². The molecular formula is C27H20F2N2O3. The molecule has 0 spiro atoms. The molecule has 2 amide bonds. The molecule has 0 aliphatic carbocycles. The number of halogens is 2. The van der Waals surface area contributed by atoms with Gasteiger partial charge < -0.3 is 14.6 Å². The van der Waals surface area contributed by atoms with Gasteiger partial charge in [0.1, 0.15) is 23.2 Å². The lowest BCUT2D eigenvalue weighted by molar-refractivity contribution is 0.0729. The average Bonchev–Trinajstić information content (AvgIpc) is 3.28. The molecular weight excluding hydrogens is 438 g/mol. The van der Waals surface area contributed by atoms with Crippen LogP contribution >= 0.6 is 0 Å². The first-order valence-electron chi connectivity index (χ1n) is 10.8. The molecule has 1 aliphatic heterocycles. The van der Waals surface area contributed by atoms with Crippen LogP contribution in [-0.2, 0) is 13.0 Å². The molecule has 1 aliphatic rings. The van der Waals surface area contributed by atoms with Crippen molar-refractivity contribution in [1.82, 2.24) is 4.90 Å². The van der Waals surface area contributed by atoms with E-state index in [9.17, 15) is 18.4 Å². The topological polar surface area (TPSA) is 62.6 Å². The Kier molecular flexibility index (Phi) is 5.67. The van der Waals surface area contributed by atoms with E-state index >= 15 is 0 Å². The first-order valence-corrected chi connectivity index (χ1v) is 10.8. The number of furan rings is 1. The van der Waals surface area contributed by atoms with E-state index < -0.39 is 17.5 Å². The number of benzene rings is 3. The molecule has 5 nitrogen and oxygen atoms in total. The number of carbonyl (C=O) groups excluding carboxylic acids is 2. The molecule has 4 aromatic rings. The van der Waals surface area contributed by atoms with E-state index in [4.69, 9.17) is 4.42 Å². The van der Waals surface area contributed by atoms with Gasteiger partial charge in [-0.3, -0.25) is 9.59 Å². The molecule has 7 heteroatoms. The Morgan fingerprint density at radius 2 is 1.71 bits per heavy atom. The molecule has 1 N–H and O–H groups in total. The molecule has 0 radical (unpaired) electrons. The molecule has 3 aromatic carbocycles. The van der Waals surface area contributed by atoms with Crippen LogP contribution in [-0.4, -0.2) is 23.3 Å². The maximum absolute atomic E-state index is 13.8. The van der Waals surface area contributed by atoms with Crippen molar-refractivity contribution in [3.8, 4) is 11.3 Å². The van der Waals surface area contributed by atoms with Gasteiger partial charge in [-0.1, -0.05) is 18.2 Å². The Balaban J connectivity index is 1.29. The van der Waals surface area contributed by atoms with Crippen molar-refractivity contribution in [3.05, 3.63) is 113 Å². The molecule has 0 saturated heterocycles. The third-order valence-electron chi connectivity index (χ3n) is 5.77. The second kappa shape index (κ2) is 8.94. The van der Waals surface area contributed by atoms with Gasteiger partial charge in [-0.25, -0.2) is 8.78 Å². The lowest BCUT2D eigenvalue weighted by atomic mass is 10.1. The predicted molar refractivity (Wildman–Crippen MR) is 123 cm³/mol. The van der Waals surface area contributed by atoms with Gasteiger partial charge in [-0.05, 0) is 60.7 Å². The minimum atomic E-state index is -0.581. The van der Waals surface area contributed by atoms with E-state index in [1.807, 2.05) is 6.07 Å². The summed E-state index contributed by atoms with van der Waals surface area (Å²) in [5.41, 5.74) is 2.53. The van der Waals surface area contributed by atoms with Gasteiger partial charge in [0.2, 0.25) is 0 Å². The highest BCUT2D eigenvalue weighted by Crippen LogP contribution is 2.31. The van der Waals surface area contributed by atoms with E-state index in [0.717, 1.165) is 16.9 Å². The Morgan fingerprint density at radius 3 is 2.47 bits per heavy atom. The van der Waals surface area contributed by atoms with Gasteiger partial charge >= 0.3 is 0 Å². The number of nitrogens with zero attached hydrogens (tertiary/aromatic N) is 1. The smallest absolute Gasteiger partial charge is 0.258 e. The molecule has 2 heterocycles. The summed E-state index contributed by atoms with van der Waals surface area (Å²) in [5, 5.41) is 2.68. The molecule has 0 atom stereocenters. The summed E-state index contributed by atoms with van der Waals surface area (Å²) < 4.78 is 33.3. The van der Waals surface area contributed by atoms with E-state index in [2.05, 4.69) is 5.32 Å². The minimum absolute atomic E-state index is 0.0253. The van der Waals surface area contributed by atoms with Crippen molar-refractivity contribution in [2.75, 3.05) is 11.9 Å². The summed E-state index contributed by atoms with van der Waals surface area (Å²) in [5.74, 6) is -0.303. The van der Waals surface area contributed by atoms with Gasteiger partial charge in [-0.15, -0.1) is 0 Å². The van der Waals surface area contributed by atoms with Crippen molar-refractivity contribution in [1.29, 1.82) is 0 Å². The third kappa shape index (κ3) is 4.32. The molecule has 0 bridgehead atoms. The standard InChI is InChI=1S/C27H20F2N2O3/c28-20-5-3-4-18(14-20)27(33)31-13-12-24-19(16-31)15-25(34-24)17-8-10-21(11-9-17)30-26(32)22-6-1-2-7-23(22)29/h1-11,14-15H,12-13,16H2,(H,30,32). The second-order valence-electron chi connectivity index (χ2n) is 8.06. The van der Waals surface area contributed by atoms with Crippen LogP contribution in [0.1, 0.15) is 32.0 Å². The van der Waals surface area contributed by atoms with Gasteiger partial charge in [0.05, 0.1) is 5.56 Å². The van der Waals surface area contributed by atoms with Gasteiger partial charge in [0.25, 0.3) is 11.8 Å². The number of rotatable bonds is 4. The maximum Gasteiger partial charge on any atom is 0.258 e. The third-order valence-corrected chi connectivity index (χ3v) is 5.77. The van der Waals surface area contributed by atoms with E-state index in [-0.39, 0.29) is 11.5 Å². The Bertz CT molecular complexity index is 1380. The number of nitrogens with one attached hydrogen (secondary N) is 1. The lowest BCUT2D eigenvalue weighted by Gasteiger charge is -2.26. The Morgan fingerprint density at radius 1 is 0.912 bits per heavy atom. The molecule has 170 valence electrons. The van der Waals surface area contributed by atoms with Crippen LogP contribution in [0.25, 0.3) is 11.3 Å². The molecule has 34 heavy (non-hydrogen) atoms. The number of hydrogen-bond acceptors (Lipinski definition) is 3. The summed E-state index contributed by atoms with van der Waals surface area (Å²) in [6, 6.07) is 20.4. The van der Waals surface area contributed by atoms with Crippen LogP contribution < -0.4 is 5.32 Å². The quantitative estimate of drug-likeness (QED) is 0.428. The highest BCUT2D eigenvalue weighted by atomic mass is 19.1. The SMILES string of the molecule is O=C(Nc1ccc(-c2cc3c(o2)CCN(C(=O)c2cccc(F)c2)C3)cc1)c1ccccc1F. The van der Waals surface area contributed by atoms with E-state index in [0.29, 0.717) is 36.5 Å². The maximum atomic E-state index is 13.8. The molecule has 0 saturated carbocycles. The fourth-order valence-electron chi connectivity index (χ4n) is 4.01. The largest absolute Gasteiger partial charge is 0.461 e. The summed E-state index contributed by atoms with van der Waals surface area (Å²) >= 11 is 0. The first-order chi connectivity index (χ1) is 16.5. The number of anilines is 1. The predicted octanol–water partition coefficient (Wildman–Crippen LogP) is 5.68. The zero-order chi connectivity index (χ0) is 23.7. The fraction of sp³-hybridized carbons (Fsp3) is 0.111. The number of hydrogen-bond donors (Lipinski definition) is 1. The number of fused-ring (bicyclic) bond motifs is 1. The molecule has 1 aromatic heterocycles. The first kappa shape index (κ1) is 21.6. The van der Waals surface area contributed by atoms with Crippen LogP contribution in [0.3, 0.4) is 0 Å². The van der Waals surface area contributed by atoms with Gasteiger partial charge in [-0.2, -0.15) is 0 Å². The van der Waals surface area contributed by atoms with Gasteiger partial charge in [0.15, 0.2) is 0 Å². The highest BCUT2D eigenvalue weighted by Gasteiger charge is 2.25. The summed E-state index contributed by atoms with van der Waals surface area (Å²) in [6.07, 6.45) is 0.563. The van der Waals surface area contributed by atoms with Crippen molar-refractivity contribution in [3.63, 3.8) is 0 Å². The summed E-state index contributed by atoms with van der Waals surface area (Å²) in [6.45, 7) is 0.862. The summed E-state index contributed by atoms with van der Waals surface area (Å²) in [4.78, 5) is 26.7. The minimum Gasteiger partial charge on any atom is -0.461 e. The number of amides is 2. The highest BCUT2D eigenvalue weighted by molar-refractivity contribution is 6.04. The zero-order valence-electron chi connectivity index (χ0n) is 18.1. The normalized spacial score (nSPS) is 12.8. The van der Waals surface area contributed by atoms with Crippen LogP contribution in [0.2, 0.25) is 0 Å². The zero-order valence-corrected chi connectivity index (χ0v) is 18.1. The van der Waals surface area contributed by atoms with Crippen LogP contribution in [0.15, 0.2) is 83.3 Å². The second-order valence-corrected chi connectivity index (χ2v) is 8.06. The van der Waals surface area contributed by atoms with Crippen molar-refractivity contribution in [2.24, 2.45) is 0 Å². The van der Waals surface area contributed by atoms with Crippen LogP contribution in [0, 0.1) is 11.6 Å². The van der Waals surface area contributed by atoms with Crippen molar-refractivity contribution < 1.29 is 22.8 Å². The van der Waals surface area contributed by atoms with Crippen molar-refractivity contribution in [2.45, 2.75) is 13.0 Å². The Labute approximate surface area is 194 Å². The molecule has 0 unspecified atom stereocenters. The van der Waals surface area contributed by atoms with E-state index in [1.165, 1.54) is 36.4 Å². The lowest BCUT2D eigenvalue weighted by Crippen LogP contribution is -2.35. The monoisotopic (exact) mass is 458 g/mol. The Hall–Kier alpha value is -4.26. The average molecular weight is 458 g/mol. The fourth-order valence-corrected chi connectivity index (χ4v) is 4.01. The van der Waals surface area contributed by atoms with Crippen molar-refractivity contribution >= 4 is 17.5 Å².